The van der Waals surface area contributed by atoms with Crippen LogP contribution < -0.4 is 10.5 Å². The lowest BCUT2D eigenvalue weighted by Crippen LogP contribution is -2.17. The number of sulfonamides is 1. The Kier molecular flexibility index (Phi) is 3.63. The molecule has 0 unspecified atom stereocenters. The largest absolute Gasteiger partial charge is 0.398 e. The summed E-state index contributed by atoms with van der Waals surface area (Å²) in [6.07, 6.45) is 0. The first kappa shape index (κ1) is 14.3. The molecule has 0 radical (unpaired) electrons. The highest BCUT2D eigenvalue weighted by Crippen LogP contribution is 2.25. The maximum atomic E-state index is 13.6. The number of hydrogen-bond acceptors (Lipinski definition) is 3. The summed E-state index contributed by atoms with van der Waals surface area (Å²) in [4.78, 5) is -0.694. The van der Waals surface area contributed by atoms with Crippen molar-refractivity contribution in [1.82, 2.24) is 0 Å². The molecule has 2 aromatic carbocycles. The summed E-state index contributed by atoms with van der Waals surface area (Å²) in [6, 6.07) is 7.44. The van der Waals surface area contributed by atoms with Crippen molar-refractivity contribution < 1.29 is 17.2 Å². The SMILES string of the molecule is Cc1ccc(F)c(NS(=O)(=O)c2c(N)cccc2F)c1. The van der Waals surface area contributed by atoms with Crippen LogP contribution in [-0.4, -0.2) is 8.42 Å². The molecule has 106 valence electrons. The van der Waals surface area contributed by atoms with Gasteiger partial charge < -0.3 is 5.73 Å². The van der Waals surface area contributed by atoms with E-state index in [2.05, 4.69) is 0 Å². The van der Waals surface area contributed by atoms with Gasteiger partial charge in [0.2, 0.25) is 0 Å². The fourth-order valence-corrected chi connectivity index (χ4v) is 2.97. The second kappa shape index (κ2) is 5.09. The number of aryl methyl sites for hydroxylation is 1. The van der Waals surface area contributed by atoms with E-state index in [9.17, 15) is 17.2 Å². The summed E-state index contributed by atoms with van der Waals surface area (Å²) in [5.41, 5.74) is 5.63. The lowest BCUT2D eigenvalue weighted by molar-refractivity contribution is 0.571. The van der Waals surface area contributed by atoms with Gasteiger partial charge in [0.15, 0.2) is 0 Å². The molecule has 0 spiro atoms. The second-order valence-electron chi connectivity index (χ2n) is 4.25. The summed E-state index contributed by atoms with van der Waals surface area (Å²) in [7, 11) is -4.30. The molecule has 2 aromatic rings. The number of benzene rings is 2. The van der Waals surface area contributed by atoms with Gasteiger partial charge in [0, 0.05) is 0 Å². The molecular formula is C13H12F2N2O2S. The molecule has 0 aliphatic heterocycles. The third-order valence-electron chi connectivity index (χ3n) is 2.63. The average Bonchev–Trinajstić information content (AvgIpc) is 2.33. The number of halogens is 2. The van der Waals surface area contributed by atoms with Crippen molar-refractivity contribution in [2.45, 2.75) is 11.8 Å². The Balaban J connectivity index is 2.49. The van der Waals surface area contributed by atoms with Gasteiger partial charge in [0.1, 0.15) is 16.5 Å². The predicted molar refractivity (Wildman–Crippen MR) is 72.8 cm³/mol. The molecule has 0 bridgehead atoms. The van der Waals surface area contributed by atoms with E-state index in [0.29, 0.717) is 5.56 Å². The summed E-state index contributed by atoms with van der Waals surface area (Å²) in [5, 5.41) is 0. The van der Waals surface area contributed by atoms with Crippen LogP contribution in [0.4, 0.5) is 20.2 Å². The molecule has 0 amide bonds. The van der Waals surface area contributed by atoms with Gasteiger partial charge in [0.25, 0.3) is 10.0 Å². The molecule has 0 aliphatic rings. The predicted octanol–water partition coefficient (Wildman–Crippen LogP) is 2.66. The minimum absolute atomic E-state index is 0.245. The zero-order valence-corrected chi connectivity index (χ0v) is 11.3. The molecule has 0 saturated heterocycles. The molecule has 0 atom stereocenters. The molecule has 0 saturated carbocycles. The average molecular weight is 298 g/mol. The third-order valence-corrected chi connectivity index (χ3v) is 4.09. The number of nitrogen functional groups attached to an aromatic ring is 1. The van der Waals surface area contributed by atoms with Gasteiger partial charge in [-0.3, -0.25) is 4.72 Å². The maximum Gasteiger partial charge on any atom is 0.266 e. The monoisotopic (exact) mass is 298 g/mol. The molecule has 3 N–H and O–H groups in total. The second-order valence-corrected chi connectivity index (χ2v) is 5.87. The van der Waals surface area contributed by atoms with Crippen LogP contribution in [-0.2, 0) is 10.0 Å². The first-order valence-electron chi connectivity index (χ1n) is 5.64. The molecular weight excluding hydrogens is 286 g/mol. The molecule has 7 heteroatoms. The highest BCUT2D eigenvalue weighted by Gasteiger charge is 2.23. The number of hydrogen-bond donors (Lipinski definition) is 2. The number of rotatable bonds is 3. The van der Waals surface area contributed by atoms with Crippen molar-refractivity contribution in [2.75, 3.05) is 10.5 Å². The van der Waals surface area contributed by atoms with E-state index >= 15 is 0 Å². The van der Waals surface area contributed by atoms with E-state index in [1.165, 1.54) is 24.3 Å². The van der Waals surface area contributed by atoms with Crippen LogP contribution >= 0.6 is 0 Å². The first-order chi connectivity index (χ1) is 9.31. The van der Waals surface area contributed by atoms with Crippen molar-refractivity contribution in [3.8, 4) is 0 Å². The van der Waals surface area contributed by atoms with E-state index < -0.39 is 26.6 Å². The van der Waals surface area contributed by atoms with E-state index in [4.69, 9.17) is 5.73 Å². The molecule has 0 aromatic heterocycles. The van der Waals surface area contributed by atoms with Crippen LogP contribution in [0.3, 0.4) is 0 Å². The number of nitrogens with one attached hydrogen (secondary N) is 1. The lowest BCUT2D eigenvalue weighted by Gasteiger charge is -2.12. The van der Waals surface area contributed by atoms with Crippen LogP contribution in [0.25, 0.3) is 0 Å². The minimum atomic E-state index is -4.30. The van der Waals surface area contributed by atoms with Gasteiger partial charge in [-0.2, -0.15) is 0 Å². The topological polar surface area (TPSA) is 72.2 Å². The minimum Gasteiger partial charge on any atom is -0.398 e. The lowest BCUT2D eigenvalue weighted by atomic mass is 10.2. The van der Waals surface area contributed by atoms with Crippen LogP contribution in [0.1, 0.15) is 5.56 Å². The smallest absolute Gasteiger partial charge is 0.266 e. The summed E-state index contributed by atoms with van der Waals surface area (Å²) >= 11 is 0. The van der Waals surface area contributed by atoms with Gasteiger partial charge in [-0.15, -0.1) is 0 Å². The van der Waals surface area contributed by atoms with Gasteiger partial charge in [-0.05, 0) is 36.8 Å². The number of anilines is 2. The van der Waals surface area contributed by atoms with Gasteiger partial charge in [0.05, 0.1) is 11.4 Å². The fraction of sp³-hybridized carbons (Fsp3) is 0.0769. The Morgan fingerprint density at radius 2 is 1.80 bits per heavy atom. The van der Waals surface area contributed by atoms with E-state index in [-0.39, 0.29) is 11.4 Å². The van der Waals surface area contributed by atoms with Crippen LogP contribution in [0.15, 0.2) is 41.3 Å². The van der Waals surface area contributed by atoms with E-state index in [1.807, 2.05) is 4.72 Å². The molecule has 0 aliphatic carbocycles. The van der Waals surface area contributed by atoms with Crippen LogP contribution in [0.5, 0.6) is 0 Å². The quantitative estimate of drug-likeness (QED) is 0.856. The number of nitrogens with two attached hydrogens (primary N) is 1. The van der Waals surface area contributed by atoms with Crippen molar-refractivity contribution in [3.05, 3.63) is 53.6 Å². The first-order valence-corrected chi connectivity index (χ1v) is 7.12. The Bertz CT molecular complexity index is 741. The van der Waals surface area contributed by atoms with Gasteiger partial charge in [-0.25, -0.2) is 17.2 Å². The Morgan fingerprint density at radius 3 is 2.45 bits per heavy atom. The Morgan fingerprint density at radius 1 is 1.10 bits per heavy atom. The zero-order valence-electron chi connectivity index (χ0n) is 10.5. The molecule has 2 rings (SSSR count). The van der Waals surface area contributed by atoms with E-state index in [1.54, 1.807) is 6.92 Å². The fourth-order valence-electron chi connectivity index (χ4n) is 1.72. The normalized spacial score (nSPS) is 11.3. The van der Waals surface area contributed by atoms with Gasteiger partial charge >= 0.3 is 0 Å². The maximum absolute atomic E-state index is 13.6. The van der Waals surface area contributed by atoms with Crippen molar-refractivity contribution in [2.24, 2.45) is 0 Å². The third kappa shape index (κ3) is 2.72. The summed E-state index contributed by atoms with van der Waals surface area (Å²) in [6.45, 7) is 1.68. The van der Waals surface area contributed by atoms with Gasteiger partial charge in [-0.1, -0.05) is 12.1 Å². The van der Waals surface area contributed by atoms with E-state index in [0.717, 1.165) is 12.1 Å². The molecule has 0 fully saturated rings. The molecule has 20 heavy (non-hydrogen) atoms. The highest BCUT2D eigenvalue weighted by atomic mass is 32.2. The van der Waals surface area contributed by atoms with Crippen LogP contribution in [0, 0.1) is 18.6 Å². The van der Waals surface area contributed by atoms with Crippen molar-refractivity contribution >= 4 is 21.4 Å². The molecule has 0 heterocycles. The Labute approximate surface area is 115 Å². The Hall–Kier alpha value is -2.15. The standard InChI is InChI=1S/C13H12F2N2O2S/c1-8-5-6-9(14)12(7-8)17-20(18,19)13-10(15)3-2-4-11(13)16/h2-7,17H,16H2,1H3. The zero-order chi connectivity index (χ0) is 14.9. The van der Waals surface area contributed by atoms with Crippen molar-refractivity contribution in [3.63, 3.8) is 0 Å². The molecule has 4 nitrogen and oxygen atoms in total. The van der Waals surface area contributed by atoms with Crippen molar-refractivity contribution in [1.29, 1.82) is 0 Å². The summed E-state index contributed by atoms with van der Waals surface area (Å²) < 4.78 is 53.4. The highest BCUT2D eigenvalue weighted by molar-refractivity contribution is 7.92. The van der Waals surface area contributed by atoms with Crippen LogP contribution in [0.2, 0.25) is 0 Å². The summed E-state index contributed by atoms with van der Waals surface area (Å²) in [5.74, 6) is -1.75.